The van der Waals surface area contributed by atoms with E-state index in [1.54, 1.807) is 0 Å². The average molecular weight is 325 g/mol. The molecule has 2 aromatic rings. The van der Waals surface area contributed by atoms with Crippen LogP contribution in [0.1, 0.15) is 15.9 Å². The van der Waals surface area contributed by atoms with Crippen molar-refractivity contribution in [1.29, 1.82) is 0 Å². The van der Waals surface area contributed by atoms with Crippen LogP contribution in [0.5, 0.6) is 11.5 Å². The second-order valence-corrected chi connectivity index (χ2v) is 4.88. The molecule has 0 saturated heterocycles. The van der Waals surface area contributed by atoms with Gasteiger partial charge in [-0.2, -0.15) is 5.10 Å². The van der Waals surface area contributed by atoms with Gasteiger partial charge in [0.2, 0.25) is 0 Å². The Balaban J connectivity index is 2.10. The number of halogens is 2. The molecule has 2 rings (SSSR count). The van der Waals surface area contributed by atoms with E-state index in [1.807, 2.05) is 0 Å². The molecule has 0 unspecified atom stereocenters. The Kier molecular flexibility index (Phi) is 4.67. The van der Waals surface area contributed by atoms with Gasteiger partial charge in [-0.15, -0.1) is 0 Å². The first kappa shape index (κ1) is 15.2. The van der Waals surface area contributed by atoms with Gasteiger partial charge in [-0.25, -0.2) is 5.43 Å². The highest BCUT2D eigenvalue weighted by atomic mass is 35.5. The number of carbonyl (C=O) groups excluding carboxylic acids is 1. The molecule has 0 aliphatic rings. The van der Waals surface area contributed by atoms with Crippen LogP contribution >= 0.6 is 23.2 Å². The SMILES string of the molecule is O=C(N/N=C/c1cccc(O)c1O)c1ccc(Cl)cc1Cl. The summed E-state index contributed by atoms with van der Waals surface area (Å²) in [6.07, 6.45) is 1.21. The Morgan fingerprint density at radius 2 is 1.95 bits per heavy atom. The zero-order valence-electron chi connectivity index (χ0n) is 10.5. The molecule has 0 heterocycles. The van der Waals surface area contributed by atoms with Gasteiger partial charge in [0.05, 0.1) is 16.8 Å². The smallest absolute Gasteiger partial charge is 0.272 e. The number of phenolic OH excluding ortho intramolecular Hbond substituents is 2. The second-order valence-electron chi connectivity index (χ2n) is 4.04. The summed E-state index contributed by atoms with van der Waals surface area (Å²) in [5.41, 5.74) is 2.75. The molecule has 0 fully saturated rings. The van der Waals surface area contributed by atoms with Crippen molar-refractivity contribution in [2.75, 3.05) is 0 Å². The maximum Gasteiger partial charge on any atom is 0.272 e. The molecule has 0 aliphatic heterocycles. The Hall–Kier alpha value is -2.24. The zero-order valence-corrected chi connectivity index (χ0v) is 12.1. The predicted molar refractivity (Wildman–Crippen MR) is 81.3 cm³/mol. The maximum atomic E-state index is 11.9. The van der Waals surface area contributed by atoms with E-state index in [0.717, 1.165) is 0 Å². The molecule has 0 aromatic heterocycles. The van der Waals surface area contributed by atoms with E-state index >= 15 is 0 Å². The number of benzene rings is 2. The van der Waals surface area contributed by atoms with Crippen LogP contribution in [0.3, 0.4) is 0 Å². The summed E-state index contributed by atoms with van der Waals surface area (Å²) in [4.78, 5) is 11.9. The number of amides is 1. The third-order valence-electron chi connectivity index (χ3n) is 2.59. The van der Waals surface area contributed by atoms with E-state index in [0.29, 0.717) is 5.02 Å². The minimum atomic E-state index is -0.521. The minimum absolute atomic E-state index is 0.204. The molecule has 2 aromatic carbocycles. The number of rotatable bonds is 3. The van der Waals surface area contributed by atoms with Crippen LogP contribution < -0.4 is 5.43 Å². The Morgan fingerprint density at radius 3 is 2.67 bits per heavy atom. The number of para-hydroxylation sites is 1. The van der Waals surface area contributed by atoms with Gasteiger partial charge < -0.3 is 10.2 Å². The first-order valence-electron chi connectivity index (χ1n) is 5.78. The fourth-order valence-electron chi connectivity index (χ4n) is 1.55. The number of carbonyl (C=O) groups is 1. The van der Waals surface area contributed by atoms with Crippen LogP contribution in [0, 0.1) is 0 Å². The van der Waals surface area contributed by atoms with Gasteiger partial charge >= 0.3 is 0 Å². The van der Waals surface area contributed by atoms with Crippen molar-refractivity contribution in [1.82, 2.24) is 5.43 Å². The first-order chi connectivity index (χ1) is 9.99. The number of hydrazone groups is 1. The predicted octanol–water partition coefficient (Wildman–Crippen LogP) is 3.17. The molecular weight excluding hydrogens is 315 g/mol. The molecule has 7 heteroatoms. The summed E-state index contributed by atoms with van der Waals surface area (Å²) in [6, 6.07) is 8.85. The van der Waals surface area contributed by atoms with Crippen molar-refractivity contribution in [3.63, 3.8) is 0 Å². The van der Waals surface area contributed by atoms with E-state index < -0.39 is 5.91 Å². The second kappa shape index (κ2) is 6.47. The van der Waals surface area contributed by atoms with Gasteiger partial charge in [0.1, 0.15) is 0 Å². The average Bonchev–Trinajstić information content (AvgIpc) is 2.43. The number of hydrogen-bond acceptors (Lipinski definition) is 4. The van der Waals surface area contributed by atoms with E-state index in [2.05, 4.69) is 10.5 Å². The van der Waals surface area contributed by atoms with E-state index in [4.69, 9.17) is 23.2 Å². The molecule has 0 atom stereocenters. The minimum Gasteiger partial charge on any atom is -0.504 e. The van der Waals surface area contributed by atoms with Crippen LogP contribution in [-0.2, 0) is 0 Å². The summed E-state index contributed by atoms with van der Waals surface area (Å²) in [7, 11) is 0. The third kappa shape index (κ3) is 3.65. The number of nitrogens with zero attached hydrogens (tertiary/aromatic N) is 1. The number of nitrogens with one attached hydrogen (secondary N) is 1. The third-order valence-corrected chi connectivity index (χ3v) is 3.14. The van der Waals surface area contributed by atoms with Gasteiger partial charge in [0, 0.05) is 10.6 Å². The van der Waals surface area contributed by atoms with E-state index in [-0.39, 0.29) is 27.6 Å². The lowest BCUT2D eigenvalue weighted by molar-refractivity contribution is 0.0955. The molecule has 5 nitrogen and oxygen atoms in total. The largest absolute Gasteiger partial charge is 0.504 e. The van der Waals surface area contributed by atoms with Gasteiger partial charge in [0.25, 0.3) is 5.91 Å². The fourth-order valence-corrected chi connectivity index (χ4v) is 2.04. The molecule has 3 N–H and O–H groups in total. The van der Waals surface area contributed by atoms with E-state index in [1.165, 1.54) is 42.6 Å². The summed E-state index contributed by atoms with van der Waals surface area (Å²) in [5.74, 6) is -1.11. The monoisotopic (exact) mass is 324 g/mol. The van der Waals surface area contributed by atoms with Crippen LogP contribution in [0.25, 0.3) is 0 Å². The molecule has 0 aliphatic carbocycles. The summed E-state index contributed by atoms with van der Waals surface area (Å²) < 4.78 is 0. The fraction of sp³-hybridized carbons (Fsp3) is 0. The standard InChI is InChI=1S/C14H10Cl2N2O3/c15-9-4-5-10(11(16)6-9)14(21)18-17-7-8-2-1-3-12(19)13(8)20/h1-7,19-20H,(H,18,21)/b17-7+. The van der Waals surface area contributed by atoms with Crippen molar-refractivity contribution in [3.05, 3.63) is 57.6 Å². The van der Waals surface area contributed by atoms with Gasteiger partial charge in [0.15, 0.2) is 11.5 Å². The lowest BCUT2D eigenvalue weighted by Gasteiger charge is -2.03. The number of hydrogen-bond donors (Lipinski definition) is 3. The molecule has 108 valence electrons. The van der Waals surface area contributed by atoms with Crippen molar-refractivity contribution >= 4 is 35.3 Å². The van der Waals surface area contributed by atoms with Crippen molar-refractivity contribution in [2.45, 2.75) is 0 Å². The highest BCUT2D eigenvalue weighted by Crippen LogP contribution is 2.26. The summed E-state index contributed by atoms with van der Waals surface area (Å²) in [6.45, 7) is 0. The maximum absolute atomic E-state index is 11.9. The zero-order chi connectivity index (χ0) is 15.4. The van der Waals surface area contributed by atoms with Gasteiger partial charge in [-0.1, -0.05) is 29.3 Å². The Labute approximate surface area is 130 Å². The Bertz CT molecular complexity index is 717. The first-order valence-corrected chi connectivity index (χ1v) is 6.54. The molecule has 0 saturated carbocycles. The highest BCUT2D eigenvalue weighted by Gasteiger charge is 2.10. The van der Waals surface area contributed by atoms with Crippen LogP contribution in [0.4, 0.5) is 0 Å². The highest BCUT2D eigenvalue weighted by molar-refractivity contribution is 6.36. The van der Waals surface area contributed by atoms with Crippen molar-refractivity contribution in [3.8, 4) is 11.5 Å². The molecule has 0 radical (unpaired) electrons. The van der Waals surface area contributed by atoms with Crippen LogP contribution in [0.15, 0.2) is 41.5 Å². The molecule has 0 bridgehead atoms. The summed E-state index contributed by atoms with van der Waals surface area (Å²) >= 11 is 11.6. The van der Waals surface area contributed by atoms with Gasteiger partial charge in [-0.05, 0) is 30.3 Å². The van der Waals surface area contributed by atoms with Crippen molar-refractivity contribution < 1.29 is 15.0 Å². The van der Waals surface area contributed by atoms with Crippen LogP contribution in [0.2, 0.25) is 10.0 Å². The topological polar surface area (TPSA) is 81.9 Å². The Morgan fingerprint density at radius 1 is 1.19 bits per heavy atom. The normalized spacial score (nSPS) is 10.8. The molecule has 1 amide bonds. The molecule has 0 spiro atoms. The van der Waals surface area contributed by atoms with E-state index in [9.17, 15) is 15.0 Å². The number of aromatic hydroxyl groups is 2. The number of phenols is 2. The lowest BCUT2D eigenvalue weighted by atomic mass is 10.2. The quantitative estimate of drug-likeness (QED) is 0.460. The van der Waals surface area contributed by atoms with Crippen molar-refractivity contribution in [2.24, 2.45) is 5.10 Å². The van der Waals surface area contributed by atoms with Gasteiger partial charge in [-0.3, -0.25) is 4.79 Å². The molecule has 21 heavy (non-hydrogen) atoms. The van der Waals surface area contributed by atoms with Crippen LogP contribution in [-0.4, -0.2) is 22.3 Å². The lowest BCUT2D eigenvalue weighted by Crippen LogP contribution is -2.18. The summed E-state index contributed by atoms with van der Waals surface area (Å²) in [5, 5.41) is 23.2. The molecular formula is C14H10Cl2N2O3.